The fourth-order valence-corrected chi connectivity index (χ4v) is 1.20. The first kappa shape index (κ1) is 11.6. The summed E-state index contributed by atoms with van der Waals surface area (Å²) in [5.41, 5.74) is 0.107. The molecule has 0 bridgehead atoms. The number of hydrogen-bond donors (Lipinski definition) is 1. The first-order valence-electron chi connectivity index (χ1n) is 4.15. The molecule has 1 aromatic rings. The second-order valence-electron chi connectivity index (χ2n) is 2.66. The maximum atomic E-state index is 11.1. The lowest BCUT2D eigenvalue weighted by atomic mass is 10.3. The van der Waals surface area contributed by atoms with E-state index in [2.05, 4.69) is 26.2 Å². The van der Waals surface area contributed by atoms with Crippen LogP contribution in [0.1, 0.15) is 13.3 Å². The Kier molecular flexibility index (Phi) is 3.73. The SMILES string of the molecule is CCC(=O)Nc1ccc(Br)nc1[N+](=O)[O-]. The van der Waals surface area contributed by atoms with E-state index in [9.17, 15) is 14.9 Å². The van der Waals surface area contributed by atoms with Crippen LogP contribution in [0.3, 0.4) is 0 Å². The second kappa shape index (κ2) is 4.83. The zero-order chi connectivity index (χ0) is 11.4. The molecule has 0 aliphatic heterocycles. The van der Waals surface area contributed by atoms with Gasteiger partial charge in [0.05, 0.1) is 0 Å². The topological polar surface area (TPSA) is 85.1 Å². The second-order valence-corrected chi connectivity index (χ2v) is 3.48. The predicted octanol–water partition coefficient (Wildman–Crippen LogP) is 2.10. The number of aromatic nitrogens is 1. The minimum absolute atomic E-state index is 0.107. The average molecular weight is 274 g/mol. The summed E-state index contributed by atoms with van der Waals surface area (Å²) < 4.78 is 0.351. The fourth-order valence-electron chi connectivity index (χ4n) is 0.901. The van der Waals surface area contributed by atoms with Gasteiger partial charge < -0.3 is 15.4 Å². The van der Waals surface area contributed by atoms with Gasteiger partial charge in [-0.2, -0.15) is 0 Å². The molecule has 1 rings (SSSR count). The molecule has 0 saturated heterocycles. The van der Waals surface area contributed by atoms with Crippen LogP contribution in [0.5, 0.6) is 0 Å². The van der Waals surface area contributed by atoms with Gasteiger partial charge in [0.2, 0.25) is 10.5 Å². The van der Waals surface area contributed by atoms with Crippen molar-refractivity contribution in [3.63, 3.8) is 0 Å². The smallest absolute Gasteiger partial charge is 0.358 e. The van der Waals surface area contributed by atoms with Gasteiger partial charge in [-0.05, 0) is 22.0 Å². The number of nitrogens with zero attached hydrogens (tertiary/aromatic N) is 2. The lowest BCUT2D eigenvalue weighted by Crippen LogP contribution is -2.11. The Morgan fingerprint density at radius 1 is 1.67 bits per heavy atom. The minimum Gasteiger partial charge on any atom is -0.358 e. The lowest BCUT2D eigenvalue weighted by Gasteiger charge is -2.03. The molecule has 7 heteroatoms. The number of nitro groups is 1. The molecule has 15 heavy (non-hydrogen) atoms. The van der Waals surface area contributed by atoms with Gasteiger partial charge in [-0.25, -0.2) is 0 Å². The van der Waals surface area contributed by atoms with Crippen molar-refractivity contribution < 1.29 is 9.72 Å². The molecular formula is C8H8BrN3O3. The summed E-state index contributed by atoms with van der Waals surface area (Å²) in [6.45, 7) is 1.66. The highest BCUT2D eigenvalue weighted by atomic mass is 79.9. The van der Waals surface area contributed by atoms with Gasteiger partial charge in [-0.15, -0.1) is 0 Å². The van der Waals surface area contributed by atoms with Crippen molar-refractivity contribution in [2.75, 3.05) is 5.32 Å². The summed E-state index contributed by atoms with van der Waals surface area (Å²) in [6.07, 6.45) is 0.257. The van der Waals surface area contributed by atoms with Crippen LogP contribution in [-0.2, 0) is 4.79 Å². The zero-order valence-electron chi connectivity index (χ0n) is 7.86. The standard InChI is InChI=1S/C8H8BrN3O3/c1-2-7(13)10-5-3-4-6(9)11-8(5)12(14)15/h3-4H,2H2,1H3,(H,10,13). The van der Waals surface area contributed by atoms with Crippen LogP contribution in [-0.4, -0.2) is 15.8 Å². The van der Waals surface area contributed by atoms with Gasteiger partial charge in [0.25, 0.3) is 0 Å². The number of anilines is 1. The van der Waals surface area contributed by atoms with Gasteiger partial charge in [0, 0.05) is 22.4 Å². The molecule has 0 spiro atoms. The summed E-state index contributed by atoms with van der Waals surface area (Å²) in [6, 6.07) is 2.96. The van der Waals surface area contributed by atoms with E-state index < -0.39 is 4.92 Å². The van der Waals surface area contributed by atoms with Crippen molar-refractivity contribution in [1.82, 2.24) is 4.98 Å². The minimum atomic E-state index is -0.643. The molecule has 1 aromatic heterocycles. The number of amides is 1. The van der Waals surface area contributed by atoms with Gasteiger partial charge in [-0.1, -0.05) is 6.92 Å². The van der Waals surface area contributed by atoms with Crippen molar-refractivity contribution in [2.45, 2.75) is 13.3 Å². The Balaban J connectivity index is 3.06. The Morgan fingerprint density at radius 2 is 2.33 bits per heavy atom. The van der Waals surface area contributed by atoms with Gasteiger partial charge >= 0.3 is 5.82 Å². The molecule has 1 amide bonds. The Morgan fingerprint density at radius 3 is 2.87 bits per heavy atom. The van der Waals surface area contributed by atoms with E-state index in [4.69, 9.17) is 0 Å². The third kappa shape index (κ3) is 2.98. The molecule has 1 heterocycles. The Labute approximate surface area is 94.0 Å². The average Bonchev–Trinajstić information content (AvgIpc) is 2.20. The van der Waals surface area contributed by atoms with Gasteiger partial charge in [0.15, 0.2) is 0 Å². The highest BCUT2D eigenvalue weighted by molar-refractivity contribution is 9.10. The van der Waals surface area contributed by atoms with Crippen LogP contribution in [0.15, 0.2) is 16.7 Å². The van der Waals surface area contributed by atoms with Crippen LogP contribution in [0.4, 0.5) is 11.5 Å². The van der Waals surface area contributed by atoms with Gasteiger partial charge in [0.1, 0.15) is 5.69 Å². The highest BCUT2D eigenvalue weighted by Gasteiger charge is 2.17. The van der Waals surface area contributed by atoms with E-state index in [0.29, 0.717) is 4.60 Å². The van der Waals surface area contributed by atoms with E-state index in [-0.39, 0.29) is 23.8 Å². The van der Waals surface area contributed by atoms with Crippen molar-refractivity contribution in [3.05, 3.63) is 26.9 Å². The Hall–Kier alpha value is -1.50. The summed E-state index contributed by atoms with van der Waals surface area (Å²) in [5, 5.41) is 13.0. The van der Waals surface area contributed by atoms with E-state index in [1.54, 1.807) is 6.92 Å². The summed E-state index contributed by atoms with van der Waals surface area (Å²) >= 11 is 3.02. The van der Waals surface area contributed by atoms with Crippen molar-refractivity contribution >= 4 is 33.3 Å². The number of pyridine rings is 1. The third-order valence-corrected chi connectivity index (χ3v) is 2.05. The van der Waals surface area contributed by atoms with Crippen LogP contribution < -0.4 is 5.32 Å². The summed E-state index contributed by atoms with van der Waals surface area (Å²) in [7, 11) is 0. The summed E-state index contributed by atoms with van der Waals surface area (Å²) in [4.78, 5) is 24.7. The highest BCUT2D eigenvalue weighted by Crippen LogP contribution is 2.23. The van der Waals surface area contributed by atoms with E-state index in [1.807, 2.05) is 0 Å². The zero-order valence-corrected chi connectivity index (χ0v) is 9.44. The molecule has 0 unspecified atom stereocenters. The number of carbonyl (C=O) groups excluding carboxylic acids is 1. The van der Waals surface area contributed by atoms with Crippen molar-refractivity contribution in [2.24, 2.45) is 0 Å². The number of nitrogens with one attached hydrogen (secondary N) is 1. The van der Waals surface area contributed by atoms with Crippen molar-refractivity contribution in [1.29, 1.82) is 0 Å². The molecule has 6 nitrogen and oxygen atoms in total. The lowest BCUT2D eigenvalue weighted by molar-refractivity contribution is -0.388. The first-order chi connectivity index (χ1) is 7.04. The van der Waals surface area contributed by atoms with E-state index in [1.165, 1.54) is 12.1 Å². The maximum Gasteiger partial charge on any atom is 0.388 e. The molecule has 0 radical (unpaired) electrons. The number of rotatable bonds is 3. The van der Waals surface area contributed by atoms with E-state index >= 15 is 0 Å². The monoisotopic (exact) mass is 273 g/mol. The van der Waals surface area contributed by atoms with Crippen LogP contribution >= 0.6 is 15.9 Å². The number of halogens is 1. The molecule has 0 fully saturated rings. The predicted molar refractivity (Wildman–Crippen MR) is 57.5 cm³/mol. The third-order valence-electron chi connectivity index (χ3n) is 1.61. The van der Waals surface area contributed by atoms with Crippen LogP contribution in [0, 0.1) is 10.1 Å². The van der Waals surface area contributed by atoms with E-state index in [0.717, 1.165) is 0 Å². The fraction of sp³-hybridized carbons (Fsp3) is 0.250. The molecule has 80 valence electrons. The number of carbonyl (C=O) groups is 1. The maximum absolute atomic E-state index is 11.1. The molecule has 0 atom stereocenters. The molecular weight excluding hydrogens is 266 g/mol. The van der Waals surface area contributed by atoms with Crippen molar-refractivity contribution in [3.8, 4) is 0 Å². The molecule has 0 aliphatic rings. The largest absolute Gasteiger partial charge is 0.388 e. The molecule has 1 N–H and O–H groups in total. The molecule has 0 aliphatic carbocycles. The molecule has 0 aromatic carbocycles. The molecule has 0 saturated carbocycles. The summed E-state index contributed by atoms with van der Waals surface area (Å²) in [5.74, 6) is -0.659. The Bertz CT molecular complexity index is 408. The van der Waals surface area contributed by atoms with Gasteiger partial charge in [-0.3, -0.25) is 4.79 Å². The quantitative estimate of drug-likeness (QED) is 0.519. The first-order valence-corrected chi connectivity index (χ1v) is 4.94. The van der Waals surface area contributed by atoms with Crippen LogP contribution in [0.2, 0.25) is 0 Å². The normalized spacial score (nSPS) is 9.73. The number of hydrogen-bond acceptors (Lipinski definition) is 4. The van der Waals surface area contributed by atoms with Crippen LogP contribution in [0.25, 0.3) is 0 Å².